The molecule has 4 aromatic rings. The van der Waals surface area contributed by atoms with E-state index in [1.807, 2.05) is 0 Å². The van der Waals surface area contributed by atoms with Crippen LogP contribution in [-0.2, 0) is 0 Å². The van der Waals surface area contributed by atoms with Crippen LogP contribution in [0, 0.1) is 0 Å². The van der Waals surface area contributed by atoms with Gasteiger partial charge in [0.25, 0.3) is 0 Å². The molecule has 0 radical (unpaired) electrons. The van der Waals surface area contributed by atoms with Crippen LogP contribution in [0.3, 0.4) is 0 Å². The van der Waals surface area contributed by atoms with E-state index in [-0.39, 0.29) is 0 Å². The molecule has 126 valence electrons. The molecule has 0 fully saturated rings. The molecule has 4 aromatic carbocycles. The summed E-state index contributed by atoms with van der Waals surface area (Å²) >= 11 is 1.81. The summed E-state index contributed by atoms with van der Waals surface area (Å²) in [5.41, 5.74) is 0. The van der Waals surface area contributed by atoms with Crippen molar-refractivity contribution >= 4 is 35.6 Å². The Balaban J connectivity index is 1.66. The lowest BCUT2D eigenvalue weighted by Crippen LogP contribution is -2.20. The fourth-order valence-electron chi connectivity index (χ4n) is 2.89. The minimum atomic E-state index is -0.527. The summed E-state index contributed by atoms with van der Waals surface area (Å²) in [7, 11) is -0.527. The van der Waals surface area contributed by atoms with Gasteiger partial charge in [-0.2, -0.15) is 0 Å². The zero-order valence-electron chi connectivity index (χ0n) is 14.3. The smallest absolute Gasteiger partial charge is 0.0122 e. The Labute approximate surface area is 160 Å². The normalized spacial score (nSPS) is 10.8. The summed E-state index contributed by atoms with van der Waals surface area (Å²) in [5, 5.41) is 4.16. The highest BCUT2D eigenvalue weighted by Crippen LogP contribution is 2.34. The minimum Gasteiger partial charge on any atom is -0.0901 e. The topological polar surface area (TPSA) is 0 Å². The van der Waals surface area contributed by atoms with Crippen molar-refractivity contribution in [3.63, 3.8) is 0 Å². The highest BCUT2D eigenvalue weighted by molar-refractivity contribution is 7.99. The first-order valence-corrected chi connectivity index (χ1v) is 10.8. The van der Waals surface area contributed by atoms with Crippen molar-refractivity contribution in [3.8, 4) is 0 Å². The summed E-state index contributed by atoms with van der Waals surface area (Å²) in [5.74, 6) is 0. The molecule has 0 spiro atoms. The van der Waals surface area contributed by atoms with E-state index in [0.717, 1.165) is 0 Å². The molecule has 0 aliphatic rings. The predicted molar refractivity (Wildman–Crippen MR) is 116 cm³/mol. The Bertz CT molecular complexity index is 896. The Morgan fingerprint density at radius 1 is 0.385 bits per heavy atom. The molecule has 0 N–H and O–H groups in total. The van der Waals surface area contributed by atoms with Crippen molar-refractivity contribution in [2.24, 2.45) is 0 Å². The van der Waals surface area contributed by atoms with Crippen LogP contribution in [0.5, 0.6) is 0 Å². The minimum absolute atomic E-state index is 0.527. The largest absolute Gasteiger partial charge is 0.0901 e. The van der Waals surface area contributed by atoms with Crippen LogP contribution in [0.1, 0.15) is 0 Å². The number of benzene rings is 4. The zero-order valence-corrected chi connectivity index (χ0v) is 16.0. The standard InChI is InChI=1S/C24H19PS/c1-4-10-20(11-5-1)25(21-12-6-2-7-13-21)22-16-18-24(19-17-22)26-23-14-8-3-9-15-23/h1-19H. The third-order valence-electron chi connectivity index (χ3n) is 4.10. The average Bonchev–Trinajstić information content (AvgIpc) is 2.72. The zero-order chi connectivity index (χ0) is 17.6. The predicted octanol–water partition coefficient (Wildman–Crippen LogP) is 5.60. The third-order valence-corrected chi connectivity index (χ3v) is 7.56. The SMILES string of the molecule is c1ccc(Sc2ccc(P(c3ccccc3)c3ccccc3)cc2)cc1. The van der Waals surface area contributed by atoms with Crippen molar-refractivity contribution in [2.45, 2.75) is 9.79 Å². The molecule has 0 unspecified atom stereocenters. The molecule has 2 heteroatoms. The van der Waals surface area contributed by atoms with Crippen LogP contribution in [0.15, 0.2) is 125 Å². The van der Waals surface area contributed by atoms with Crippen molar-refractivity contribution in [2.75, 3.05) is 0 Å². The van der Waals surface area contributed by atoms with Gasteiger partial charge in [0.15, 0.2) is 0 Å². The van der Waals surface area contributed by atoms with E-state index in [1.54, 1.807) is 11.8 Å². The molecular weight excluding hydrogens is 351 g/mol. The fourth-order valence-corrected chi connectivity index (χ4v) is 6.01. The van der Waals surface area contributed by atoms with Gasteiger partial charge in [0.1, 0.15) is 0 Å². The Morgan fingerprint density at radius 3 is 1.27 bits per heavy atom. The van der Waals surface area contributed by atoms with Crippen molar-refractivity contribution in [1.29, 1.82) is 0 Å². The Hall–Kier alpha value is -2.34. The van der Waals surface area contributed by atoms with Gasteiger partial charge in [-0.3, -0.25) is 0 Å². The lowest BCUT2D eigenvalue weighted by molar-refractivity contribution is 1.41. The summed E-state index contributed by atoms with van der Waals surface area (Å²) in [6, 6.07) is 41.3. The van der Waals surface area contributed by atoms with Gasteiger partial charge in [0, 0.05) is 9.79 Å². The van der Waals surface area contributed by atoms with E-state index in [0.29, 0.717) is 0 Å². The molecule has 0 aliphatic heterocycles. The summed E-state index contributed by atoms with van der Waals surface area (Å²) in [4.78, 5) is 2.55. The van der Waals surface area contributed by atoms with Gasteiger partial charge in [-0.1, -0.05) is 103 Å². The van der Waals surface area contributed by atoms with Crippen LogP contribution < -0.4 is 15.9 Å². The van der Waals surface area contributed by atoms with Crippen molar-refractivity contribution < 1.29 is 0 Å². The molecule has 0 aromatic heterocycles. The van der Waals surface area contributed by atoms with Gasteiger partial charge in [0.2, 0.25) is 0 Å². The van der Waals surface area contributed by atoms with Crippen LogP contribution in [-0.4, -0.2) is 0 Å². The van der Waals surface area contributed by atoms with Crippen molar-refractivity contribution in [1.82, 2.24) is 0 Å². The molecule has 0 atom stereocenters. The third kappa shape index (κ3) is 4.07. The lowest BCUT2D eigenvalue weighted by atomic mass is 10.3. The van der Waals surface area contributed by atoms with Gasteiger partial charge in [-0.15, -0.1) is 0 Å². The summed E-state index contributed by atoms with van der Waals surface area (Å²) in [6.45, 7) is 0. The Morgan fingerprint density at radius 2 is 0.769 bits per heavy atom. The van der Waals surface area contributed by atoms with Gasteiger partial charge in [0.05, 0.1) is 0 Å². The molecule has 0 saturated heterocycles. The second-order valence-electron chi connectivity index (χ2n) is 5.92. The van der Waals surface area contributed by atoms with Gasteiger partial charge < -0.3 is 0 Å². The second-order valence-corrected chi connectivity index (χ2v) is 9.28. The van der Waals surface area contributed by atoms with Gasteiger partial charge in [-0.05, 0) is 48.1 Å². The van der Waals surface area contributed by atoms with Crippen LogP contribution >= 0.6 is 19.7 Å². The quantitative estimate of drug-likeness (QED) is 0.412. The Kier molecular flexibility index (Phi) is 5.50. The number of hydrogen-bond acceptors (Lipinski definition) is 1. The van der Waals surface area contributed by atoms with Crippen LogP contribution in [0.4, 0.5) is 0 Å². The molecule has 0 bridgehead atoms. The van der Waals surface area contributed by atoms with E-state index in [4.69, 9.17) is 0 Å². The van der Waals surface area contributed by atoms with Gasteiger partial charge >= 0.3 is 0 Å². The maximum Gasteiger partial charge on any atom is 0.0122 e. The number of hydrogen-bond donors (Lipinski definition) is 0. The first-order chi connectivity index (χ1) is 12.9. The molecular formula is C24H19PS. The van der Waals surface area contributed by atoms with Crippen LogP contribution in [0.2, 0.25) is 0 Å². The fraction of sp³-hybridized carbons (Fsp3) is 0. The van der Waals surface area contributed by atoms with E-state index in [9.17, 15) is 0 Å². The van der Waals surface area contributed by atoms with E-state index < -0.39 is 7.92 Å². The molecule has 4 rings (SSSR count). The van der Waals surface area contributed by atoms with E-state index in [1.165, 1.54) is 25.7 Å². The maximum atomic E-state index is 2.29. The highest BCUT2D eigenvalue weighted by atomic mass is 32.2. The molecule has 0 saturated carbocycles. The summed E-state index contributed by atoms with van der Waals surface area (Å²) < 4.78 is 0. The molecule has 0 heterocycles. The van der Waals surface area contributed by atoms with E-state index in [2.05, 4.69) is 115 Å². The molecule has 26 heavy (non-hydrogen) atoms. The van der Waals surface area contributed by atoms with Gasteiger partial charge in [-0.25, -0.2) is 0 Å². The first kappa shape index (κ1) is 17.1. The second kappa shape index (κ2) is 8.36. The monoisotopic (exact) mass is 370 g/mol. The van der Waals surface area contributed by atoms with Crippen molar-refractivity contribution in [3.05, 3.63) is 115 Å². The highest BCUT2D eigenvalue weighted by Gasteiger charge is 2.15. The number of rotatable bonds is 5. The van der Waals surface area contributed by atoms with Crippen LogP contribution in [0.25, 0.3) is 0 Å². The first-order valence-electron chi connectivity index (χ1n) is 8.63. The lowest BCUT2D eigenvalue weighted by Gasteiger charge is -2.19. The molecule has 0 aliphatic carbocycles. The summed E-state index contributed by atoms with van der Waals surface area (Å²) in [6.07, 6.45) is 0. The average molecular weight is 370 g/mol. The maximum absolute atomic E-state index is 2.29. The molecule has 0 nitrogen and oxygen atoms in total. The molecule has 0 amide bonds. The van der Waals surface area contributed by atoms with E-state index >= 15 is 0 Å².